The zero-order chi connectivity index (χ0) is 12.5. The quantitative estimate of drug-likeness (QED) is 0.829. The van der Waals surface area contributed by atoms with Crippen LogP contribution in [0.3, 0.4) is 0 Å². The lowest BCUT2D eigenvalue weighted by Crippen LogP contribution is -2.49. The fourth-order valence-electron chi connectivity index (χ4n) is 2.48. The van der Waals surface area contributed by atoms with Crippen LogP contribution in [-0.2, 0) is 0 Å². The van der Waals surface area contributed by atoms with E-state index in [1.807, 2.05) is 4.90 Å². The van der Waals surface area contributed by atoms with Crippen molar-refractivity contribution in [1.82, 2.24) is 14.8 Å². The molecule has 0 bridgehead atoms. The number of rotatable bonds is 2. The lowest BCUT2D eigenvalue weighted by molar-refractivity contribution is 0.0622. The third kappa shape index (κ3) is 2.18. The number of carbonyl (C=O) groups excluding carboxylic acids is 1. The van der Waals surface area contributed by atoms with Crippen LogP contribution in [0.25, 0.3) is 0 Å². The van der Waals surface area contributed by atoms with E-state index >= 15 is 0 Å². The summed E-state index contributed by atoms with van der Waals surface area (Å²) in [7, 11) is 0. The van der Waals surface area contributed by atoms with E-state index in [-0.39, 0.29) is 5.91 Å². The number of aromatic nitrogens is 1. The maximum absolute atomic E-state index is 12.3. The molecule has 2 fully saturated rings. The Hall–Kier alpha value is -1.62. The minimum absolute atomic E-state index is 0.0384. The fraction of sp³-hybridized carbons (Fsp3) is 0.538. The Bertz CT molecular complexity index is 450. The molecule has 1 aromatic heterocycles. The summed E-state index contributed by atoms with van der Waals surface area (Å²) in [5.41, 5.74) is 6.64. The number of amides is 1. The second kappa shape index (κ2) is 4.57. The zero-order valence-electron chi connectivity index (χ0n) is 10.4. The summed E-state index contributed by atoms with van der Waals surface area (Å²) < 4.78 is 0. The first kappa shape index (κ1) is 11.5. The van der Waals surface area contributed by atoms with Gasteiger partial charge in [0, 0.05) is 38.4 Å². The van der Waals surface area contributed by atoms with Crippen molar-refractivity contribution >= 4 is 11.6 Å². The molecule has 1 aliphatic carbocycles. The Balaban J connectivity index is 1.65. The number of anilines is 1. The van der Waals surface area contributed by atoms with Gasteiger partial charge in [0.1, 0.15) is 0 Å². The Labute approximate surface area is 107 Å². The van der Waals surface area contributed by atoms with E-state index in [1.165, 1.54) is 12.8 Å². The van der Waals surface area contributed by atoms with Crippen LogP contribution < -0.4 is 5.73 Å². The van der Waals surface area contributed by atoms with Crippen molar-refractivity contribution in [1.29, 1.82) is 0 Å². The molecule has 2 heterocycles. The molecule has 2 N–H and O–H groups in total. The van der Waals surface area contributed by atoms with E-state index in [0.29, 0.717) is 11.4 Å². The standard InChI is InChI=1S/C13H18N4O/c14-11-2-1-5-15-12(11)13(18)17-8-6-16(7-9-17)10-3-4-10/h1-2,5,10H,3-4,6-9,14H2. The fourth-order valence-corrected chi connectivity index (χ4v) is 2.48. The lowest BCUT2D eigenvalue weighted by Gasteiger charge is -2.34. The van der Waals surface area contributed by atoms with Gasteiger partial charge in [0.25, 0.3) is 5.91 Å². The molecule has 0 aromatic carbocycles. The van der Waals surface area contributed by atoms with Gasteiger partial charge in [-0.05, 0) is 25.0 Å². The Kier molecular flexibility index (Phi) is 2.91. The van der Waals surface area contributed by atoms with Gasteiger partial charge in [-0.3, -0.25) is 9.69 Å². The van der Waals surface area contributed by atoms with Crippen molar-refractivity contribution in [2.75, 3.05) is 31.9 Å². The van der Waals surface area contributed by atoms with Crippen molar-refractivity contribution < 1.29 is 4.79 Å². The van der Waals surface area contributed by atoms with Gasteiger partial charge in [-0.15, -0.1) is 0 Å². The van der Waals surface area contributed by atoms with Gasteiger partial charge in [-0.2, -0.15) is 0 Å². The van der Waals surface area contributed by atoms with Crippen molar-refractivity contribution in [3.63, 3.8) is 0 Å². The molecule has 0 radical (unpaired) electrons. The number of hydrogen-bond acceptors (Lipinski definition) is 4. The van der Waals surface area contributed by atoms with E-state index in [9.17, 15) is 4.79 Å². The van der Waals surface area contributed by atoms with Crippen LogP contribution in [0.15, 0.2) is 18.3 Å². The average Bonchev–Trinajstić information content (AvgIpc) is 3.23. The first-order valence-corrected chi connectivity index (χ1v) is 6.49. The molecule has 5 nitrogen and oxygen atoms in total. The Morgan fingerprint density at radius 3 is 2.61 bits per heavy atom. The minimum atomic E-state index is -0.0384. The number of carbonyl (C=O) groups is 1. The lowest BCUT2D eigenvalue weighted by atomic mass is 10.2. The SMILES string of the molecule is Nc1cccnc1C(=O)N1CCN(C2CC2)CC1. The molecule has 1 amide bonds. The molecular formula is C13H18N4O. The largest absolute Gasteiger partial charge is 0.397 e. The second-order valence-electron chi connectivity index (χ2n) is 5.00. The zero-order valence-corrected chi connectivity index (χ0v) is 10.4. The molecular weight excluding hydrogens is 228 g/mol. The van der Waals surface area contributed by atoms with Gasteiger partial charge in [0.2, 0.25) is 0 Å². The highest BCUT2D eigenvalue weighted by molar-refractivity contribution is 5.97. The normalized spacial score (nSPS) is 21.0. The summed E-state index contributed by atoms with van der Waals surface area (Å²) in [5, 5.41) is 0. The number of nitrogen functional groups attached to an aromatic ring is 1. The predicted molar refractivity (Wildman–Crippen MR) is 69.1 cm³/mol. The maximum atomic E-state index is 12.3. The summed E-state index contributed by atoms with van der Waals surface area (Å²) in [5.74, 6) is -0.0384. The maximum Gasteiger partial charge on any atom is 0.274 e. The van der Waals surface area contributed by atoms with Crippen molar-refractivity contribution in [3.8, 4) is 0 Å². The third-order valence-corrected chi connectivity index (χ3v) is 3.71. The van der Waals surface area contributed by atoms with E-state index in [4.69, 9.17) is 5.73 Å². The van der Waals surface area contributed by atoms with Crippen LogP contribution in [0.2, 0.25) is 0 Å². The molecule has 1 saturated carbocycles. The van der Waals surface area contributed by atoms with Crippen molar-refractivity contribution in [3.05, 3.63) is 24.0 Å². The molecule has 1 saturated heterocycles. The summed E-state index contributed by atoms with van der Waals surface area (Å²) in [4.78, 5) is 20.7. The number of nitrogens with two attached hydrogens (primary N) is 1. The molecule has 96 valence electrons. The van der Waals surface area contributed by atoms with Crippen molar-refractivity contribution in [2.24, 2.45) is 0 Å². The Morgan fingerprint density at radius 2 is 2.00 bits per heavy atom. The monoisotopic (exact) mass is 246 g/mol. The van der Waals surface area contributed by atoms with Gasteiger partial charge in [-0.1, -0.05) is 0 Å². The summed E-state index contributed by atoms with van der Waals surface area (Å²) in [6, 6.07) is 4.25. The molecule has 3 rings (SSSR count). The molecule has 2 aliphatic rings. The first-order chi connectivity index (χ1) is 8.75. The van der Waals surface area contributed by atoms with Crippen LogP contribution in [-0.4, -0.2) is 52.9 Å². The highest BCUT2D eigenvalue weighted by Crippen LogP contribution is 2.27. The number of nitrogens with zero attached hydrogens (tertiary/aromatic N) is 3. The van der Waals surface area contributed by atoms with Crippen LogP contribution >= 0.6 is 0 Å². The topological polar surface area (TPSA) is 62.5 Å². The molecule has 18 heavy (non-hydrogen) atoms. The average molecular weight is 246 g/mol. The number of hydrogen-bond donors (Lipinski definition) is 1. The van der Waals surface area contributed by atoms with Gasteiger partial charge in [0.15, 0.2) is 5.69 Å². The second-order valence-corrected chi connectivity index (χ2v) is 5.00. The minimum Gasteiger partial charge on any atom is -0.397 e. The molecule has 1 aliphatic heterocycles. The Morgan fingerprint density at radius 1 is 1.28 bits per heavy atom. The predicted octanol–water partition coefficient (Wildman–Crippen LogP) is 0.584. The van der Waals surface area contributed by atoms with Crippen LogP contribution in [0.5, 0.6) is 0 Å². The molecule has 0 atom stereocenters. The van der Waals surface area contributed by atoms with E-state index in [2.05, 4.69) is 9.88 Å². The summed E-state index contributed by atoms with van der Waals surface area (Å²) >= 11 is 0. The molecule has 0 unspecified atom stereocenters. The highest BCUT2D eigenvalue weighted by atomic mass is 16.2. The summed E-state index contributed by atoms with van der Waals surface area (Å²) in [6.45, 7) is 3.52. The molecule has 0 spiro atoms. The van der Waals surface area contributed by atoms with Gasteiger partial charge < -0.3 is 10.6 Å². The third-order valence-electron chi connectivity index (χ3n) is 3.71. The smallest absolute Gasteiger partial charge is 0.274 e. The number of piperazine rings is 1. The van der Waals surface area contributed by atoms with Crippen LogP contribution in [0.4, 0.5) is 5.69 Å². The van der Waals surface area contributed by atoms with E-state index in [0.717, 1.165) is 32.2 Å². The summed E-state index contributed by atoms with van der Waals surface area (Å²) in [6.07, 6.45) is 4.26. The first-order valence-electron chi connectivity index (χ1n) is 6.49. The molecule has 1 aromatic rings. The van der Waals surface area contributed by atoms with E-state index in [1.54, 1.807) is 18.3 Å². The van der Waals surface area contributed by atoms with Crippen LogP contribution in [0, 0.1) is 0 Å². The van der Waals surface area contributed by atoms with Crippen molar-refractivity contribution in [2.45, 2.75) is 18.9 Å². The van der Waals surface area contributed by atoms with E-state index < -0.39 is 0 Å². The number of pyridine rings is 1. The van der Waals surface area contributed by atoms with Crippen LogP contribution in [0.1, 0.15) is 23.3 Å². The highest BCUT2D eigenvalue weighted by Gasteiger charge is 2.32. The van der Waals surface area contributed by atoms with Gasteiger partial charge >= 0.3 is 0 Å². The van der Waals surface area contributed by atoms with Gasteiger partial charge in [0.05, 0.1) is 5.69 Å². The molecule has 5 heteroatoms. The van der Waals surface area contributed by atoms with Gasteiger partial charge in [-0.25, -0.2) is 4.98 Å².